The van der Waals surface area contributed by atoms with E-state index in [4.69, 9.17) is 4.74 Å². The van der Waals surface area contributed by atoms with Gasteiger partial charge in [-0.25, -0.2) is 13.1 Å². The molecule has 5 heteroatoms. The van der Waals surface area contributed by atoms with Gasteiger partial charge in [0.1, 0.15) is 0 Å². The fourth-order valence-corrected chi connectivity index (χ4v) is 2.11. The van der Waals surface area contributed by atoms with Crippen molar-refractivity contribution in [1.82, 2.24) is 4.72 Å². The van der Waals surface area contributed by atoms with Crippen LogP contribution in [0.3, 0.4) is 0 Å². The summed E-state index contributed by atoms with van der Waals surface area (Å²) in [5, 5.41) is 0. The fraction of sp³-hybridized carbons (Fsp3) is 1.00. The molecule has 1 N–H and O–H groups in total. The van der Waals surface area contributed by atoms with Gasteiger partial charge in [-0.3, -0.25) is 0 Å². The van der Waals surface area contributed by atoms with E-state index < -0.39 is 10.0 Å². The zero-order valence-corrected chi connectivity index (χ0v) is 10.1. The summed E-state index contributed by atoms with van der Waals surface area (Å²) in [6.45, 7) is 6.61. The molecular weight excluding hydrogens is 202 g/mol. The van der Waals surface area contributed by atoms with Gasteiger partial charge in [-0.15, -0.1) is 0 Å². The lowest BCUT2D eigenvalue weighted by molar-refractivity contribution is 0.0834. The molecule has 0 aromatic heterocycles. The summed E-state index contributed by atoms with van der Waals surface area (Å²) in [6, 6.07) is 0. The number of unbranched alkanes of at least 4 members (excludes halogenated alkanes) is 1. The molecule has 0 heterocycles. The number of hydrogen-bond acceptors (Lipinski definition) is 3. The highest BCUT2D eigenvalue weighted by Gasteiger charge is 2.07. The highest BCUT2D eigenvalue weighted by atomic mass is 32.2. The van der Waals surface area contributed by atoms with Crippen molar-refractivity contribution in [2.75, 3.05) is 18.9 Å². The Kier molecular flexibility index (Phi) is 7.13. The van der Waals surface area contributed by atoms with E-state index in [0.29, 0.717) is 19.6 Å². The lowest BCUT2D eigenvalue weighted by Gasteiger charge is -2.08. The van der Waals surface area contributed by atoms with E-state index in [-0.39, 0.29) is 11.9 Å². The fourth-order valence-electron chi connectivity index (χ4n) is 0.898. The van der Waals surface area contributed by atoms with E-state index in [1.54, 1.807) is 0 Å². The van der Waals surface area contributed by atoms with Crippen molar-refractivity contribution >= 4 is 10.0 Å². The number of nitrogens with one attached hydrogen (secondary N) is 1. The molecule has 0 spiro atoms. The van der Waals surface area contributed by atoms with Gasteiger partial charge in [0.2, 0.25) is 10.0 Å². The molecule has 0 saturated carbocycles. The molecule has 4 nitrogen and oxygen atoms in total. The summed E-state index contributed by atoms with van der Waals surface area (Å²) in [4.78, 5) is 0. The second kappa shape index (κ2) is 7.20. The monoisotopic (exact) mass is 223 g/mol. The highest BCUT2D eigenvalue weighted by molar-refractivity contribution is 7.89. The van der Waals surface area contributed by atoms with Crippen LogP contribution in [0.25, 0.3) is 0 Å². The Morgan fingerprint density at radius 1 is 1.36 bits per heavy atom. The average molecular weight is 223 g/mol. The van der Waals surface area contributed by atoms with E-state index in [0.717, 1.165) is 6.42 Å². The van der Waals surface area contributed by atoms with Crippen molar-refractivity contribution in [3.63, 3.8) is 0 Å². The maximum atomic E-state index is 11.3. The van der Waals surface area contributed by atoms with Crippen molar-refractivity contribution in [3.05, 3.63) is 0 Å². The van der Waals surface area contributed by atoms with Crippen LogP contribution in [0.15, 0.2) is 0 Å². The Balaban J connectivity index is 3.56. The van der Waals surface area contributed by atoms with Crippen molar-refractivity contribution < 1.29 is 13.2 Å². The van der Waals surface area contributed by atoms with Crippen LogP contribution < -0.4 is 4.72 Å². The summed E-state index contributed by atoms with van der Waals surface area (Å²) < 4.78 is 30.2. The molecule has 0 saturated heterocycles. The summed E-state index contributed by atoms with van der Waals surface area (Å²) in [5.41, 5.74) is 0. The number of rotatable bonds is 8. The highest BCUT2D eigenvalue weighted by Crippen LogP contribution is 1.93. The molecule has 0 fully saturated rings. The van der Waals surface area contributed by atoms with Crippen LogP contribution in [0.5, 0.6) is 0 Å². The largest absolute Gasteiger partial charge is 0.377 e. The molecule has 0 aliphatic rings. The van der Waals surface area contributed by atoms with Gasteiger partial charge in [0.25, 0.3) is 0 Å². The smallest absolute Gasteiger partial charge is 0.211 e. The molecule has 0 aliphatic heterocycles. The molecule has 14 heavy (non-hydrogen) atoms. The van der Waals surface area contributed by atoms with Crippen LogP contribution in [0.2, 0.25) is 0 Å². The predicted octanol–water partition coefficient (Wildman–Crippen LogP) is 1.13. The van der Waals surface area contributed by atoms with Crippen LogP contribution in [-0.2, 0) is 14.8 Å². The Morgan fingerprint density at radius 2 is 2.00 bits per heavy atom. The third-order valence-corrected chi connectivity index (χ3v) is 3.11. The van der Waals surface area contributed by atoms with Crippen molar-refractivity contribution in [1.29, 1.82) is 0 Å². The molecule has 0 rings (SSSR count). The molecular formula is C9H21NO3S. The van der Waals surface area contributed by atoms with Crippen LogP contribution in [0.1, 0.15) is 33.6 Å². The number of ether oxygens (including phenoxy) is 1. The summed E-state index contributed by atoms with van der Waals surface area (Å²) in [7, 11) is -3.07. The van der Waals surface area contributed by atoms with Gasteiger partial charge in [-0.2, -0.15) is 0 Å². The standard InChI is InChI=1S/C9H21NO3S/c1-4-5-8-14(11,12)10-6-7-13-9(2)3/h9-10H,4-8H2,1-3H3. The first-order valence-corrected chi connectivity index (χ1v) is 6.72. The molecule has 0 bridgehead atoms. The first-order valence-electron chi connectivity index (χ1n) is 5.07. The second-order valence-corrected chi connectivity index (χ2v) is 5.41. The summed E-state index contributed by atoms with van der Waals surface area (Å²) in [5.74, 6) is 0.213. The number of hydrogen-bond donors (Lipinski definition) is 1. The molecule has 0 aliphatic carbocycles. The minimum atomic E-state index is -3.07. The predicted molar refractivity (Wildman–Crippen MR) is 57.8 cm³/mol. The van der Waals surface area contributed by atoms with Crippen molar-refractivity contribution in [3.8, 4) is 0 Å². The van der Waals surface area contributed by atoms with Gasteiger partial charge in [-0.05, 0) is 20.3 Å². The normalized spacial score (nSPS) is 12.3. The van der Waals surface area contributed by atoms with Gasteiger partial charge >= 0.3 is 0 Å². The average Bonchev–Trinajstić information content (AvgIpc) is 2.09. The quantitative estimate of drug-likeness (QED) is 0.628. The van der Waals surface area contributed by atoms with E-state index in [2.05, 4.69) is 4.72 Å². The Labute approximate surface area is 87.1 Å². The van der Waals surface area contributed by atoms with Gasteiger partial charge in [0.05, 0.1) is 18.5 Å². The maximum Gasteiger partial charge on any atom is 0.211 e. The maximum absolute atomic E-state index is 11.3. The van der Waals surface area contributed by atoms with Crippen LogP contribution in [0.4, 0.5) is 0 Å². The third-order valence-electron chi connectivity index (χ3n) is 1.64. The molecule has 0 atom stereocenters. The second-order valence-electron chi connectivity index (χ2n) is 3.49. The molecule has 0 aromatic carbocycles. The first kappa shape index (κ1) is 13.9. The summed E-state index contributed by atoms with van der Waals surface area (Å²) >= 11 is 0. The van der Waals surface area contributed by atoms with E-state index >= 15 is 0 Å². The Morgan fingerprint density at radius 3 is 2.50 bits per heavy atom. The summed E-state index contributed by atoms with van der Waals surface area (Å²) in [6.07, 6.45) is 1.75. The zero-order chi connectivity index (χ0) is 11.0. The van der Waals surface area contributed by atoms with E-state index in [1.807, 2.05) is 20.8 Å². The number of sulfonamides is 1. The molecule has 0 amide bonds. The van der Waals surface area contributed by atoms with Gasteiger partial charge in [0.15, 0.2) is 0 Å². The van der Waals surface area contributed by atoms with Crippen LogP contribution in [0, 0.1) is 0 Å². The third kappa shape index (κ3) is 8.47. The topological polar surface area (TPSA) is 55.4 Å². The Bertz CT molecular complexity index is 224. The Hall–Kier alpha value is -0.130. The van der Waals surface area contributed by atoms with Crippen LogP contribution >= 0.6 is 0 Å². The lowest BCUT2D eigenvalue weighted by Crippen LogP contribution is -2.30. The molecule has 0 unspecified atom stereocenters. The first-order chi connectivity index (χ1) is 6.48. The minimum absolute atomic E-state index is 0.148. The SMILES string of the molecule is CCCCS(=O)(=O)NCCOC(C)C. The van der Waals surface area contributed by atoms with Gasteiger partial charge in [-0.1, -0.05) is 13.3 Å². The molecule has 0 radical (unpaired) electrons. The molecule has 86 valence electrons. The van der Waals surface area contributed by atoms with Crippen molar-refractivity contribution in [2.45, 2.75) is 39.7 Å². The minimum Gasteiger partial charge on any atom is -0.377 e. The zero-order valence-electron chi connectivity index (χ0n) is 9.25. The van der Waals surface area contributed by atoms with E-state index in [1.165, 1.54) is 0 Å². The molecule has 0 aromatic rings. The lowest BCUT2D eigenvalue weighted by atomic mass is 10.4. The van der Waals surface area contributed by atoms with Crippen LogP contribution in [-0.4, -0.2) is 33.4 Å². The van der Waals surface area contributed by atoms with Gasteiger partial charge in [0, 0.05) is 6.54 Å². The van der Waals surface area contributed by atoms with Gasteiger partial charge < -0.3 is 4.74 Å². The van der Waals surface area contributed by atoms with E-state index in [9.17, 15) is 8.42 Å². The van der Waals surface area contributed by atoms with Crippen molar-refractivity contribution in [2.24, 2.45) is 0 Å².